The molecule has 3 N–H and O–H groups in total. The van der Waals surface area contributed by atoms with Crippen LogP contribution < -0.4 is 10.5 Å². The first kappa shape index (κ1) is 16.7. The van der Waals surface area contributed by atoms with Crippen molar-refractivity contribution in [2.45, 2.75) is 30.1 Å². The van der Waals surface area contributed by atoms with E-state index in [1.54, 1.807) is 12.1 Å². The zero-order valence-electron chi connectivity index (χ0n) is 13.2. The number of amides is 1. The van der Waals surface area contributed by atoms with Gasteiger partial charge in [-0.05, 0) is 42.5 Å². The molecule has 24 heavy (non-hydrogen) atoms. The Morgan fingerprint density at radius 2 is 1.79 bits per heavy atom. The van der Waals surface area contributed by atoms with Crippen molar-refractivity contribution in [2.75, 3.05) is 5.32 Å². The second-order valence-electron chi connectivity index (χ2n) is 6.12. The SMILES string of the molecule is NS(=O)(=O)c1cccc(NC(=O)C2CCC[C@H]2c2ccccc2)c1. The third kappa shape index (κ3) is 3.66. The van der Waals surface area contributed by atoms with Gasteiger partial charge >= 0.3 is 0 Å². The second-order valence-corrected chi connectivity index (χ2v) is 7.68. The molecule has 5 nitrogen and oxygen atoms in total. The highest BCUT2D eigenvalue weighted by atomic mass is 32.2. The zero-order chi connectivity index (χ0) is 17.2. The van der Waals surface area contributed by atoms with Gasteiger partial charge in [0.2, 0.25) is 15.9 Å². The highest BCUT2D eigenvalue weighted by molar-refractivity contribution is 7.89. The Labute approximate surface area is 141 Å². The van der Waals surface area contributed by atoms with Crippen LogP contribution in [0.5, 0.6) is 0 Å². The first-order valence-electron chi connectivity index (χ1n) is 7.94. The summed E-state index contributed by atoms with van der Waals surface area (Å²) in [5.41, 5.74) is 1.62. The number of rotatable bonds is 4. The topological polar surface area (TPSA) is 89.3 Å². The Hall–Kier alpha value is -2.18. The van der Waals surface area contributed by atoms with Gasteiger partial charge in [0.25, 0.3) is 0 Å². The Kier molecular flexibility index (Phi) is 4.69. The van der Waals surface area contributed by atoms with E-state index in [0.717, 1.165) is 19.3 Å². The summed E-state index contributed by atoms with van der Waals surface area (Å²) in [6.45, 7) is 0. The van der Waals surface area contributed by atoms with E-state index in [9.17, 15) is 13.2 Å². The summed E-state index contributed by atoms with van der Waals surface area (Å²) in [4.78, 5) is 12.7. The van der Waals surface area contributed by atoms with Crippen LogP contribution in [0.4, 0.5) is 5.69 Å². The van der Waals surface area contributed by atoms with Gasteiger partial charge in [-0.2, -0.15) is 0 Å². The molecule has 1 saturated carbocycles. The lowest BCUT2D eigenvalue weighted by molar-refractivity contribution is -0.120. The van der Waals surface area contributed by atoms with Gasteiger partial charge in [-0.1, -0.05) is 42.8 Å². The Morgan fingerprint density at radius 3 is 2.50 bits per heavy atom. The molecule has 2 aromatic rings. The summed E-state index contributed by atoms with van der Waals surface area (Å²) in [7, 11) is -3.79. The summed E-state index contributed by atoms with van der Waals surface area (Å²) in [6.07, 6.45) is 2.83. The van der Waals surface area contributed by atoms with Crippen LogP contribution >= 0.6 is 0 Å². The number of benzene rings is 2. The predicted molar refractivity (Wildman–Crippen MR) is 93.0 cm³/mol. The molecule has 1 fully saturated rings. The third-order valence-electron chi connectivity index (χ3n) is 4.51. The molecule has 3 rings (SSSR count). The van der Waals surface area contributed by atoms with Gasteiger partial charge in [0.15, 0.2) is 0 Å². The lowest BCUT2D eigenvalue weighted by Crippen LogP contribution is -2.25. The van der Waals surface area contributed by atoms with Crippen LogP contribution in [-0.2, 0) is 14.8 Å². The molecule has 0 spiro atoms. The number of hydrogen-bond acceptors (Lipinski definition) is 3. The molecule has 1 aliphatic rings. The predicted octanol–water partition coefficient (Wildman–Crippen LogP) is 2.86. The van der Waals surface area contributed by atoms with E-state index < -0.39 is 10.0 Å². The average Bonchev–Trinajstić information content (AvgIpc) is 3.05. The molecule has 2 aromatic carbocycles. The lowest BCUT2D eigenvalue weighted by atomic mass is 9.88. The maximum atomic E-state index is 12.7. The minimum atomic E-state index is -3.79. The normalized spacial score (nSPS) is 20.7. The second kappa shape index (κ2) is 6.75. The molecule has 126 valence electrons. The quantitative estimate of drug-likeness (QED) is 0.894. The molecule has 0 heterocycles. The van der Waals surface area contributed by atoms with Crippen LogP contribution in [0.1, 0.15) is 30.7 Å². The number of nitrogens with two attached hydrogens (primary N) is 1. The maximum Gasteiger partial charge on any atom is 0.238 e. The molecule has 1 unspecified atom stereocenters. The van der Waals surface area contributed by atoms with E-state index in [2.05, 4.69) is 17.4 Å². The van der Waals surface area contributed by atoms with E-state index in [4.69, 9.17) is 5.14 Å². The van der Waals surface area contributed by atoms with Gasteiger partial charge in [0, 0.05) is 11.6 Å². The molecular formula is C18H20N2O3S. The van der Waals surface area contributed by atoms with E-state index in [0.29, 0.717) is 5.69 Å². The van der Waals surface area contributed by atoms with Crippen LogP contribution in [0.3, 0.4) is 0 Å². The van der Waals surface area contributed by atoms with Crippen molar-refractivity contribution >= 4 is 21.6 Å². The van der Waals surface area contributed by atoms with Gasteiger partial charge in [-0.15, -0.1) is 0 Å². The molecule has 6 heteroatoms. The highest BCUT2D eigenvalue weighted by Gasteiger charge is 2.33. The summed E-state index contributed by atoms with van der Waals surface area (Å²) in [5, 5.41) is 7.97. The number of carbonyl (C=O) groups is 1. The molecule has 0 aromatic heterocycles. The fourth-order valence-electron chi connectivity index (χ4n) is 3.36. The maximum absolute atomic E-state index is 12.7. The number of anilines is 1. The molecular weight excluding hydrogens is 324 g/mol. The Bertz CT molecular complexity index is 834. The molecule has 0 saturated heterocycles. The van der Waals surface area contributed by atoms with Gasteiger partial charge < -0.3 is 5.32 Å². The van der Waals surface area contributed by atoms with Crippen LogP contribution in [-0.4, -0.2) is 14.3 Å². The van der Waals surface area contributed by atoms with Gasteiger partial charge in [0.05, 0.1) is 4.90 Å². The van der Waals surface area contributed by atoms with E-state index in [-0.39, 0.29) is 22.6 Å². The van der Waals surface area contributed by atoms with Gasteiger partial charge in [0.1, 0.15) is 0 Å². The molecule has 0 aliphatic heterocycles. The van der Waals surface area contributed by atoms with Crippen molar-refractivity contribution in [3.05, 3.63) is 60.2 Å². The van der Waals surface area contributed by atoms with Crippen molar-refractivity contribution in [1.82, 2.24) is 0 Å². The van der Waals surface area contributed by atoms with Crippen molar-refractivity contribution < 1.29 is 13.2 Å². The van der Waals surface area contributed by atoms with E-state index >= 15 is 0 Å². The molecule has 0 bridgehead atoms. The lowest BCUT2D eigenvalue weighted by Gasteiger charge is -2.19. The first-order valence-corrected chi connectivity index (χ1v) is 9.48. The molecule has 1 amide bonds. The van der Waals surface area contributed by atoms with E-state index in [1.165, 1.54) is 17.7 Å². The summed E-state index contributed by atoms with van der Waals surface area (Å²) in [5.74, 6) is 0.0195. The largest absolute Gasteiger partial charge is 0.326 e. The summed E-state index contributed by atoms with van der Waals surface area (Å²) < 4.78 is 22.9. The molecule has 2 atom stereocenters. The highest BCUT2D eigenvalue weighted by Crippen LogP contribution is 2.40. The minimum absolute atomic E-state index is 0.00803. The van der Waals surface area contributed by atoms with Crippen LogP contribution in [0.15, 0.2) is 59.5 Å². The fourth-order valence-corrected chi connectivity index (χ4v) is 3.92. The monoisotopic (exact) mass is 344 g/mol. The van der Waals surface area contributed by atoms with Crippen molar-refractivity contribution in [1.29, 1.82) is 0 Å². The minimum Gasteiger partial charge on any atom is -0.326 e. The summed E-state index contributed by atoms with van der Waals surface area (Å²) >= 11 is 0. The van der Waals surface area contributed by atoms with Gasteiger partial charge in [-0.25, -0.2) is 13.6 Å². The number of sulfonamides is 1. The smallest absolute Gasteiger partial charge is 0.238 e. The third-order valence-corrected chi connectivity index (χ3v) is 5.42. The van der Waals surface area contributed by atoms with Crippen LogP contribution in [0.25, 0.3) is 0 Å². The van der Waals surface area contributed by atoms with Crippen LogP contribution in [0, 0.1) is 5.92 Å². The number of nitrogens with one attached hydrogen (secondary N) is 1. The van der Waals surface area contributed by atoms with Crippen molar-refractivity contribution in [3.63, 3.8) is 0 Å². The average molecular weight is 344 g/mol. The Morgan fingerprint density at radius 1 is 1.04 bits per heavy atom. The molecule has 0 radical (unpaired) electrons. The molecule has 1 aliphatic carbocycles. The summed E-state index contributed by atoms with van der Waals surface area (Å²) in [6, 6.07) is 16.1. The van der Waals surface area contributed by atoms with Gasteiger partial charge in [-0.3, -0.25) is 4.79 Å². The first-order chi connectivity index (χ1) is 11.4. The van der Waals surface area contributed by atoms with E-state index in [1.807, 2.05) is 18.2 Å². The zero-order valence-corrected chi connectivity index (χ0v) is 14.0. The fraction of sp³-hybridized carbons (Fsp3) is 0.278. The van der Waals surface area contributed by atoms with Crippen molar-refractivity contribution in [2.24, 2.45) is 11.1 Å². The van der Waals surface area contributed by atoms with Crippen LogP contribution in [0.2, 0.25) is 0 Å². The number of hydrogen-bond donors (Lipinski definition) is 2. The Balaban J connectivity index is 1.77. The van der Waals surface area contributed by atoms with Crippen molar-refractivity contribution in [3.8, 4) is 0 Å². The number of carbonyl (C=O) groups excluding carboxylic acids is 1. The number of primary sulfonamides is 1. The standard InChI is InChI=1S/C18H20N2O3S/c19-24(22,23)15-9-4-8-14(12-15)20-18(21)17-11-5-10-16(17)13-6-2-1-3-7-13/h1-4,6-9,12,16-17H,5,10-11H2,(H,20,21)(H2,19,22,23)/t16-,17?/m0/s1.